The zero-order valence-electron chi connectivity index (χ0n) is 11.2. The normalized spacial score (nSPS) is 38.4. The number of carbonyl (C=O) groups is 1. The molecule has 3 aliphatic rings. The third kappa shape index (κ3) is 2.28. The zero-order valence-corrected chi connectivity index (χ0v) is 11.2. The fourth-order valence-corrected chi connectivity index (χ4v) is 3.84. The van der Waals surface area contributed by atoms with Crippen LogP contribution in [0.25, 0.3) is 0 Å². The number of carboxylic acid groups (broad SMARTS) is 1. The lowest BCUT2D eigenvalue weighted by molar-refractivity contribution is -0.176. The molecule has 5 heteroatoms. The lowest BCUT2D eigenvalue weighted by Crippen LogP contribution is -2.50. The van der Waals surface area contributed by atoms with Gasteiger partial charge in [0.2, 0.25) is 0 Å². The van der Waals surface area contributed by atoms with Gasteiger partial charge in [0.25, 0.3) is 0 Å². The minimum Gasteiger partial charge on any atom is -0.481 e. The van der Waals surface area contributed by atoms with Gasteiger partial charge in [-0.25, -0.2) is 0 Å². The van der Waals surface area contributed by atoms with E-state index in [2.05, 4.69) is 0 Å². The van der Waals surface area contributed by atoms with Gasteiger partial charge in [0.15, 0.2) is 0 Å². The van der Waals surface area contributed by atoms with Crippen molar-refractivity contribution < 1.29 is 24.1 Å². The maximum Gasteiger partial charge on any atom is 0.312 e. The molecule has 0 aromatic heterocycles. The highest BCUT2D eigenvalue weighted by Gasteiger charge is 2.53. The first-order chi connectivity index (χ1) is 9.17. The van der Waals surface area contributed by atoms with Gasteiger partial charge >= 0.3 is 5.97 Å². The van der Waals surface area contributed by atoms with E-state index in [4.69, 9.17) is 14.2 Å². The number of rotatable bonds is 2. The predicted molar refractivity (Wildman–Crippen MR) is 67.0 cm³/mol. The van der Waals surface area contributed by atoms with Crippen LogP contribution in [0.4, 0.5) is 0 Å². The van der Waals surface area contributed by atoms with E-state index in [1.807, 2.05) is 0 Å². The molecule has 0 aromatic rings. The van der Waals surface area contributed by atoms with E-state index < -0.39 is 11.4 Å². The van der Waals surface area contributed by atoms with Gasteiger partial charge in [-0.1, -0.05) is 0 Å². The molecule has 2 atom stereocenters. The Morgan fingerprint density at radius 1 is 1.05 bits per heavy atom. The van der Waals surface area contributed by atoms with Crippen LogP contribution in [0.2, 0.25) is 0 Å². The summed E-state index contributed by atoms with van der Waals surface area (Å²) in [6.45, 7) is 3.05. The second kappa shape index (κ2) is 5.04. The molecular formula is C14H22O5. The van der Waals surface area contributed by atoms with Gasteiger partial charge in [-0.2, -0.15) is 0 Å². The molecule has 0 amide bonds. The van der Waals surface area contributed by atoms with Crippen LogP contribution < -0.4 is 0 Å². The van der Waals surface area contributed by atoms with Crippen LogP contribution in [0.15, 0.2) is 0 Å². The van der Waals surface area contributed by atoms with Crippen molar-refractivity contribution in [2.45, 2.75) is 37.7 Å². The summed E-state index contributed by atoms with van der Waals surface area (Å²) < 4.78 is 16.8. The summed E-state index contributed by atoms with van der Waals surface area (Å²) in [6, 6.07) is 0. The topological polar surface area (TPSA) is 65.0 Å². The van der Waals surface area contributed by atoms with Crippen LogP contribution >= 0.6 is 0 Å². The predicted octanol–water partition coefficient (Wildman–Crippen LogP) is 1.45. The standard InChI is InChI=1S/C14H22O5/c15-12(16)14(4-8-18-10-14)11-1-5-19-13(9-11)2-6-17-7-3-13/h11H,1-10H2,(H,15,16). The Kier molecular flexibility index (Phi) is 3.53. The molecule has 3 saturated heterocycles. The third-order valence-corrected chi connectivity index (χ3v) is 5.16. The SMILES string of the molecule is O=C(O)C1(C2CCOC3(CCOCC3)C2)CCOC1. The van der Waals surface area contributed by atoms with Crippen molar-refractivity contribution in [2.24, 2.45) is 11.3 Å². The van der Waals surface area contributed by atoms with Gasteiger partial charge in [0.05, 0.1) is 17.6 Å². The molecule has 0 saturated carbocycles. The first kappa shape index (κ1) is 13.3. The third-order valence-electron chi connectivity index (χ3n) is 5.16. The highest BCUT2D eigenvalue weighted by Crippen LogP contribution is 2.48. The monoisotopic (exact) mass is 270 g/mol. The minimum atomic E-state index is -0.695. The number of hydrogen-bond donors (Lipinski definition) is 1. The summed E-state index contributed by atoms with van der Waals surface area (Å²) in [5.41, 5.74) is -0.832. The van der Waals surface area contributed by atoms with Crippen LogP contribution in [-0.4, -0.2) is 49.7 Å². The zero-order chi connectivity index (χ0) is 13.3. The molecule has 0 bridgehead atoms. The molecule has 3 aliphatic heterocycles. The van der Waals surface area contributed by atoms with Crippen molar-refractivity contribution in [3.8, 4) is 0 Å². The molecule has 0 aromatic carbocycles. The van der Waals surface area contributed by atoms with Gasteiger partial charge < -0.3 is 19.3 Å². The van der Waals surface area contributed by atoms with Crippen molar-refractivity contribution in [3.05, 3.63) is 0 Å². The van der Waals surface area contributed by atoms with Crippen LogP contribution in [0.5, 0.6) is 0 Å². The molecule has 1 spiro atoms. The van der Waals surface area contributed by atoms with Gasteiger partial charge in [-0.05, 0) is 38.0 Å². The summed E-state index contributed by atoms with van der Waals surface area (Å²) in [7, 11) is 0. The van der Waals surface area contributed by atoms with E-state index in [0.717, 1.165) is 38.9 Å². The van der Waals surface area contributed by atoms with E-state index in [-0.39, 0.29) is 11.5 Å². The van der Waals surface area contributed by atoms with Crippen LogP contribution in [0, 0.1) is 11.3 Å². The lowest BCUT2D eigenvalue weighted by Gasteiger charge is -2.47. The fourth-order valence-electron chi connectivity index (χ4n) is 3.84. The van der Waals surface area contributed by atoms with Crippen molar-refractivity contribution >= 4 is 5.97 Å². The van der Waals surface area contributed by atoms with Gasteiger partial charge in [0, 0.05) is 26.4 Å². The molecule has 1 N–H and O–H groups in total. The molecule has 3 heterocycles. The van der Waals surface area contributed by atoms with Gasteiger partial charge in [0.1, 0.15) is 0 Å². The molecule has 108 valence electrons. The van der Waals surface area contributed by atoms with E-state index in [1.54, 1.807) is 0 Å². The van der Waals surface area contributed by atoms with E-state index in [9.17, 15) is 9.90 Å². The second-order valence-corrected chi connectivity index (χ2v) is 6.10. The number of aliphatic carboxylic acids is 1. The summed E-state index contributed by atoms with van der Waals surface area (Å²) in [5, 5.41) is 9.66. The quantitative estimate of drug-likeness (QED) is 0.823. The van der Waals surface area contributed by atoms with Crippen LogP contribution in [0.1, 0.15) is 32.1 Å². The lowest BCUT2D eigenvalue weighted by atomic mass is 9.66. The molecular weight excluding hydrogens is 248 g/mol. The Morgan fingerprint density at radius 2 is 1.79 bits per heavy atom. The van der Waals surface area contributed by atoms with Crippen molar-refractivity contribution in [2.75, 3.05) is 33.0 Å². The molecule has 2 unspecified atom stereocenters. The molecule has 0 radical (unpaired) electrons. The summed E-state index contributed by atoms with van der Waals surface area (Å²) in [5.74, 6) is -0.529. The molecule has 19 heavy (non-hydrogen) atoms. The van der Waals surface area contributed by atoms with E-state index >= 15 is 0 Å². The summed E-state index contributed by atoms with van der Waals surface area (Å²) in [6.07, 6.45) is 4.09. The average Bonchev–Trinajstić information content (AvgIpc) is 2.90. The van der Waals surface area contributed by atoms with Gasteiger partial charge in [-0.3, -0.25) is 4.79 Å². The Labute approximate surface area is 113 Å². The Hall–Kier alpha value is -0.650. The van der Waals surface area contributed by atoms with Crippen molar-refractivity contribution in [3.63, 3.8) is 0 Å². The first-order valence-electron chi connectivity index (χ1n) is 7.20. The number of hydrogen-bond acceptors (Lipinski definition) is 4. The van der Waals surface area contributed by atoms with Crippen molar-refractivity contribution in [1.82, 2.24) is 0 Å². The van der Waals surface area contributed by atoms with E-state index in [0.29, 0.717) is 26.2 Å². The number of carboxylic acids is 1. The fraction of sp³-hybridized carbons (Fsp3) is 0.929. The smallest absolute Gasteiger partial charge is 0.312 e. The van der Waals surface area contributed by atoms with Crippen LogP contribution in [0.3, 0.4) is 0 Å². The maximum absolute atomic E-state index is 11.7. The van der Waals surface area contributed by atoms with Gasteiger partial charge in [-0.15, -0.1) is 0 Å². The molecule has 0 aliphatic carbocycles. The first-order valence-corrected chi connectivity index (χ1v) is 7.20. The molecule has 5 nitrogen and oxygen atoms in total. The molecule has 3 rings (SSSR count). The second-order valence-electron chi connectivity index (χ2n) is 6.10. The summed E-state index contributed by atoms with van der Waals surface area (Å²) in [4.78, 5) is 11.7. The minimum absolute atomic E-state index is 0.147. The van der Waals surface area contributed by atoms with E-state index in [1.165, 1.54) is 0 Å². The Balaban J connectivity index is 1.78. The molecule has 3 fully saturated rings. The average molecular weight is 270 g/mol. The summed E-state index contributed by atoms with van der Waals surface area (Å²) >= 11 is 0. The largest absolute Gasteiger partial charge is 0.481 e. The highest BCUT2D eigenvalue weighted by molar-refractivity contribution is 5.75. The number of ether oxygens (including phenoxy) is 3. The maximum atomic E-state index is 11.7. The highest BCUT2D eigenvalue weighted by atomic mass is 16.5. The van der Waals surface area contributed by atoms with Crippen molar-refractivity contribution in [1.29, 1.82) is 0 Å². The van der Waals surface area contributed by atoms with Crippen LogP contribution in [-0.2, 0) is 19.0 Å². The Morgan fingerprint density at radius 3 is 2.42 bits per heavy atom. The Bertz CT molecular complexity index is 336.